The number of fused-ring (bicyclic) bond motifs is 1. The Hall–Kier alpha value is -2.01. The number of ether oxygens (including phenoxy) is 1. The van der Waals surface area contributed by atoms with Crippen molar-refractivity contribution in [3.05, 3.63) is 29.5 Å². The molecule has 0 fully saturated rings. The van der Waals surface area contributed by atoms with Gasteiger partial charge in [-0.15, -0.1) is 0 Å². The van der Waals surface area contributed by atoms with Crippen LogP contribution >= 0.6 is 0 Å². The molecule has 2 N–H and O–H groups in total. The van der Waals surface area contributed by atoms with E-state index >= 15 is 0 Å². The standard InChI is InChI=1S/C17H23NO4/c1-5-17(20,6-2)10-18-16(19)15-11(3)13-9-12(21-4)7-8-14(13)22-15/h7-9,20H,5-6,10H2,1-4H3,(H,18,19). The van der Waals surface area contributed by atoms with Crippen LogP contribution in [-0.4, -0.2) is 30.3 Å². The second-order valence-electron chi connectivity index (χ2n) is 5.53. The summed E-state index contributed by atoms with van der Waals surface area (Å²) in [6, 6.07) is 5.42. The van der Waals surface area contributed by atoms with E-state index in [1.165, 1.54) is 0 Å². The Morgan fingerprint density at radius 1 is 1.36 bits per heavy atom. The quantitative estimate of drug-likeness (QED) is 0.860. The van der Waals surface area contributed by atoms with Gasteiger partial charge in [-0.1, -0.05) is 13.8 Å². The molecule has 5 heteroatoms. The van der Waals surface area contributed by atoms with Gasteiger partial charge in [0.1, 0.15) is 11.3 Å². The highest BCUT2D eigenvalue weighted by Crippen LogP contribution is 2.28. The minimum absolute atomic E-state index is 0.207. The number of amides is 1. The SMILES string of the molecule is CCC(O)(CC)CNC(=O)c1oc2ccc(OC)cc2c1C. The molecule has 1 heterocycles. The van der Waals surface area contributed by atoms with Crippen LogP contribution in [0.3, 0.4) is 0 Å². The van der Waals surface area contributed by atoms with E-state index in [0.29, 0.717) is 18.4 Å². The maximum atomic E-state index is 12.3. The fraction of sp³-hybridized carbons (Fsp3) is 0.471. The molecule has 0 saturated carbocycles. The predicted molar refractivity (Wildman–Crippen MR) is 85.4 cm³/mol. The number of methoxy groups -OCH3 is 1. The molecule has 0 bridgehead atoms. The summed E-state index contributed by atoms with van der Waals surface area (Å²) >= 11 is 0. The molecule has 0 saturated heterocycles. The fourth-order valence-corrected chi connectivity index (χ4v) is 2.37. The van der Waals surface area contributed by atoms with Gasteiger partial charge in [0.15, 0.2) is 5.76 Å². The van der Waals surface area contributed by atoms with Gasteiger partial charge in [0.25, 0.3) is 5.91 Å². The van der Waals surface area contributed by atoms with Crippen LogP contribution in [0.2, 0.25) is 0 Å². The predicted octanol–water partition coefficient (Wildman–Crippen LogP) is 3.03. The maximum absolute atomic E-state index is 12.3. The molecular weight excluding hydrogens is 282 g/mol. The topological polar surface area (TPSA) is 71.7 Å². The first-order valence-corrected chi connectivity index (χ1v) is 7.51. The third kappa shape index (κ3) is 3.09. The number of furan rings is 1. The van der Waals surface area contributed by atoms with Gasteiger partial charge < -0.3 is 19.6 Å². The summed E-state index contributed by atoms with van der Waals surface area (Å²) in [6.07, 6.45) is 1.17. The number of carbonyl (C=O) groups is 1. The average Bonchev–Trinajstić information content (AvgIpc) is 2.88. The van der Waals surface area contributed by atoms with Crippen molar-refractivity contribution in [3.63, 3.8) is 0 Å². The van der Waals surface area contributed by atoms with E-state index in [1.54, 1.807) is 19.2 Å². The molecule has 2 aromatic rings. The number of aryl methyl sites for hydroxylation is 1. The summed E-state index contributed by atoms with van der Waals surface area (Å²) in [7, 11) is 1.60. The lowest BCUT2D eigenvalue weighted by Crippen LogP contribution is -2.42. The first-order chi connectivity index (χ1) is 10.4. The summed E-state index contributed by atoms with van der Waals surface area (Å²) in [5.74, 6) is 0.681. The maximum Gasteiger partial charge on any atom is 0.287 e. The number of hydrogen-bond acceptors (Lipinski definition) is 4. The molecule has 2 rings (SSSR count). The number of carbonyl (C=O) groups excluding carboxylic acids is 1. The summed E-state index contributed by atoms with van der Waals surface area (Å²) in [4.78, 5) is 12.3. The number of hydrogen-bond donors (Lipinski definition) is 2. The van der Waals surface area contributed by atoms with Gasteiger partial charge in [-0.25, -0.2) is 0 Å². The zero-order valence-electron chi connectivity index (χ0n) is 13.5. The second kappa shape index (κ2) is 6.40. The highest BCUT2D eigenvalue weighted by molar-refractivity contribution is 5.99. The lowest BCUT2D eigenvalue weighted by atomic mass is 9.97. The van der Waals surface area contributed by atoms with Crippen molar-refractivity contribution >= 4 is 16.9 Å². The second-order valence-corrected chi connectivity index (χ2v) is 5.53. The van der Waals surface area contributed by atoms with E-state index in [9.17, 15) is 9.90 Å². The zero-order chi connectivity index (χ0) is 16.3. The van der Waals surface area contributed by atoms with Crippen molar-refractivity contribution in [2.75, 3.05) is 13.7 Å². The highest BCUT2D eigenvalue weighted by atomic mass is 16.5. The van der Waals surface area contributed by atoms with E-state index in [0.717, 1.165) is 16.7 Å². The smallest absolute Gasteiger partial charge is 0.287 e. The molecule has 5 nitrogen and oxygen atoms in total. The molecule has 0 spiro atoms. The van der Waals surface area contributed by atoms with Crippen LogP contribution in [0, 0.1) is 6.92 Å². The Labute approximate surface area is 130 Å². The molecule has 0 radical (unpaired) electrons. The van der Waals surface area contributed by atoms with Crippen LogP contribution in [-0.2, 0) is 0 Å². The highest BCUT2D eigenvalue weighted by Gasteiger charge is 2.25. The lowest BCUT2D eigenvalue weighted by Gasteiger charge is -2.25. The molecule has 1 aromatic carbocycles. The number of nitrogens with one attached hydrogen (secondary N) is 1. The molecule has 22 heavy (non-hydrogen) atoms. The van der Waals surface area contributed by atoms with Crippen molar-refractivity contribution < 1.29 is 19.1 Å². The Bertz CT molecular complexity index is 671. The monoisotopic (exact) mass is 305 g/mol. The van der Waals surface area contributed by atoms with Gasteiger partial charge in [0.05, 0.1) is 12.7 Å². The molecule has 1 amide bonds. The van der Waals surface area contributed by atoms with Crippen LogP contribution in [0.1, 0.15) is 42.8 Å². The van der Waals surface area contributed by atoms with Crippen LogP contribution in [0.25, 0.3) is 11.0 Å². The number of aliphatic hydroxyl groups is 1. The van der Waals surface area contributed by atoms with E-state index in [4.69, 9.17) is 9.15 Å². The van der Waals surface area contributed by atoms with Crippen molar-refractivity contribution in [1.82, 2.24) is 5.32 Å². The fourth-order valence-electron chi connectivity index (χ4n) is 2.37. The zero-order valence-corrected chi connectivity index (χ0v) is 13.5. The first kappa shape index (κ1) is 16.4. The van der Waals surface area contributed by atoms with Crippen molar-refractivity contribution in [2.45, 2.75) is 39.2 Å². The van der Waals surface area contributed by atoms with E-state index in [2.05, 4.69) is 5.32 Å². The Morgan fingerprint density at radius 2 is 2.05 bits per heavy atom. The summed E-state index contributed by atoms with van der Waals surface area (Å²) < 4.78 is 10.8. The lowest BCUT2D eigenvalue weighted by molar-refractivity contribution is 0.0310. The molecule has 0 aliphatic heterocycles. The molecular formula is C17H23NO4. The van der Waals surface area contributed by atoms with Crippen LogP contribution in [0.4, 0.5) is 0 Å². The van der Waals surface area contributed by atoms with Gasteiger partial charge in [-0.2, -0.15) is 0 Å². The van der Waals surface area contributed by atoms with E-state index in [1.807, 2.05) is 26.8 Å². The van der Waals surface area contributed by atoms with Gasteiger partial charge in [-0.05, 0) is 38.0 Å². The Morgan fingerprint density at radius 3 is 2.64 bits per heavy atom. The van der Waals surface area contributed by atoms with Crippen LogP contribution in [0.15, 0.2) is 22.6 Å². The molecule has 0 aliphatic carbocycles. The third-order valence-corrected chi connectivity index (χ3v) is 4.24. The van der Waals surface area contributed by atoms with Crippen LogP contribution < -0.4 is 10.1 Å². The number of benzene rings is 1. The minimum Gasteiger partial charge on any atom is -0.497 e. The molecule has 0 atom stereocenters. The van der Waals surface area contributed by atoms with Crippen LogP contribution in [0.5, 0.6) is 5.75 Å². The van der Waals surface area contributed by atoms with Crippen molar-refractivity contribution in [3.8, 4) is 5.75 Å². The van der Waals surface area contributed by atoms with Crippen molar-refractivity contribution in [1.29, 1.82) is 0 Å². The largest absolute Gasteiger partial charge is 0.497 e. The summed E-state index contributed by atoms with van der Waals surface area (Å²) in [6.45, 7) is 5.84. The Balaban J connectivity index is 2.23. The van der Waals surface area contributed by atoms with Crippen molar-refractivity contribution in [2.24, 2.45) is 0 Å². The van der Waals surface area contributed by atoms with Gasteiger partial charge in [0.2, 0.25) is 0 Å². The van der Waals surface area contributed by atoms with E-state index in [-0.39, 0.29) is 18.2 Å². The van der Waals surface area contributed by atoms with Gasteiger partial charge >= 0.3 is 0 Å². The van der Waals surface area contributed by atoms with Gasteiger partial charge in [-0.3, -0.25) is 4.79 Å². The average molecular weight is 305 g/mol. The summed E-state index contributed by atoms with van der Waals surface area (Å²) in [5, 5.41) is 13.9. The summed E-state index contributed by atoms with van der Waals surface area (Å²) in [5.41, 5.74) is 0.534. The normalized spacial score (nSPS) is 11.7. The minimum atomic E-state index is -0.876. The third-order valence-electron chi connectivity index (χ3n) is 4.24. The van der Waals surface area contributed by atoms with E-state index < -0.39 is 5.60 Å². The molecule has 0 aliphatic rings. The van der Waals surface area contributed by atoms with Gasteiger partial charge in [0, 0.05) is 17.5 Å². The Kier molecular flexibility index (Phi) is 4.76. The first-order valence-electron chi connectivity index (χ1n) is 7.51. The molecule has 1 aromatic heterocycles. The number of rotatable bonds is 6. The molecule has 0 unspecified atom stereocenters. The molecule has 120 valence electrons.